The predicted octanol–water partition coefficient (Wildman–Crippen LogP) is 4.29. The van der Waals surface area contributed by atoms with E-state index in [9.17, 15) is 4.39 Å². The summed E-state index contributed by atoms with van der Waals surface area (Å²) in [6.45, 7) is 2.20. The maximum Gasteiger partial charge on any atom is 0.127 e. The molecule has 0 saturated carbocycles. The van der Waals surface area contributed by atoms with Gasteiger partial charge in [0.2, 0.25) is 0 Å². The Labute approximate surface area is 131 Å². The molecule has 0 spiro atoms. The minimum Gasteiger partial charge on any atom is -0.485 e. The van der Waals surface area contributed by atoms with Crippen LogP contribution in [0.4, 0.5) is 4.39 Å². The lowest BCUT2D eigenvalue weighted by atomic mass is 9.87. The van der Waals surface area contributed by atoms with Crippen molar-refractivity contribution in [3.8, 4) is 5.75 Å². The van der Waals surface area contributed by atoms with Crippen LogP contribution in [0.2, 0.25) is 0 Å². The average Bonchev–Trinajstić information content (AvgIpc) is 2.56. The van der Waals surface area contributed by atoms with E-state index in [2.05, 4.69) is 24.1 Å². The predicted molar refractivity (Wildman–Crippen MR) is 86.4 cm³/mol. The van der Waals surface area contributed by atoms with Crippen molar-refractivity contribution in [1.82, 2.24) is 4.90 Å². The number of rotatable bonds is 4. The molecule has 0 bridgehead atoms. The Balaban J connectivity index is 1.81. The molecule has 1 aliphatic heterocycles. The molecule has 1 fully saturated rings. The van der Waals surface area contributed by atoms with Crippen LogP contribution in [-0.2, 0) is 0 Å². The number of benzene rings is 2. The Morgan fingerprint density at radius 2 is 1.64 bits per heavy atom. The lowest BCUT2D eigenvalue weighted by molar-refractivity contribution is 0.0849. The molecule has 0 aliphatic carbocycles. The molecule has 0 radical (unpaired) electrons. The number of piperidine rings is 1. The highest BCUT2D eigenvalue weighted by atomic mass is 19.1. The fourth-order valence-electron chi connectivity index (χ4n) is 3.07. The number of ether oxygens (including phenoxy) is 1. The summed E-state index contributed by atoms with van der Waals surface area (Å²) >= 11 is 0. The van der Waals surface area contributed by atoms with Crippen molar-refractivity contribution < 1.29 is 9.13 Å². The molecule has 1 heterocycles. The van der Waals surface area contributed by atoms with Gasteiger partial charge in [0.25, 0.3) is 0 Å². The fraction of sp³-hybridized carbons (Fsp3) is 0.368. The number of halogens is 1. The van der Waals surface area contributed by atoms with Gasteiger partial charge in [-0.1, -0.05) is 30.3 Å². The second kappa shape index (κ2) is 6.93. The first-order chi connectivity index (χ1) is 10.7. The molecule has 2 nitrogen and oxygen atoms in total. The summed E-state index contributed by atoms with van der Waals surface area (Å²) in [4.78, 5) is 2.36. The van der Waals surface area contributed by atoms with Gasteiger partial charge in [-0.2, -0.15) is 0 Å². The molecular formula is C19H22FNO. The summed E-state index contributed by atoms with van der Waals surface area (Å²) in [5.74, 6) is 0.987. The third kappa shape index (κ3) is 3.66. The summed E-state index contributed by atoms with van der Waals surface area (Å²) < 4.78 is 19.3. The Morgan fingerprint density at radius 1 is 1.00 bits per heavy atom. The van der Waals surface area contributed by atoms with Crippen molar-refractivity contribution in [3.05, 3.63) is 66.0 Å². The Morgan fingerprint density at radius 3 is 2.27 bits per heavy atom. The normalized spacial score (nSPS) is 18.1. The molecule has 3 heteroatoms. The quantitative estimate of drug-likeness (QED) is 0.835. The van der Waals surface area contributed by atoms with E-state index >= 15 is 0 Å². The zero-order chi connectivity index (χ0) is 15.4. The largest absolute Gasteiger partial charge is 0.485 e. The van der Waals surface area contributed by atoms with Gasteiger partial charge in [-0.15, -0.1) is 0 Å². The average molecular weight is 299 g/mol. The van der Waals surface area contributed by atoms with Crippen LogP contribution in [0.15, 0.2) is 54.6 Å². The fourth-order valence-corrected chi connectivity index (χ4v) is 3.07. The zero-order valence-electron chi connectivity index (χ0n) is 12.9. The number of hydrogen-bond donors (Lipinski definition) is 0. The van der Waals surface area contributed by atoms with Crippen molar-refractivity contribution in [2.45, 2.75) is 18.9 Å². The van der Waals surface area contributed by atoms with E-state index < -0.39 is 0 Å². The Bertz CT molecular complexity index is 576. The van der Waals surface area contributed by atoms with E-state index in [1.807, 2.05) is 18.2 Å². The maximum absolute atomic E-state index is 13.1. The van der Waals surface area contributed by atoms with Crippen molar-refractivity contribution >= 4 is 0 Å². The van der Waals surface area contributed by atoms with Gasteiger partial charge < -0.3 is 9.64 Å². The summed E-state index contributed by atoms with van der Waals surface area (Å²) in [6, 6.07) is 16.7. The maximum atomic E-state index is 13.1. The minimum atomic E-state index is -0.233. The van der Waals surface area contributed by atoms with Gasteiger partial charge in [-0.25, -0.2) is 4.39 Å². The van der Waals surface area contributed by atoms with Crippen molar-refractivity contribution in [2.24, 2.45) is 5.92 Å². The molecule has 3 rings (SSSR count). The second-order valence-corrected chi connectivity index (χ2v) is 6.04. The lowest BCUT2D eigenvalue weighted by Crippen LogP contribution is -2.34. The first-order valence-corrected chi connectivity index (χ1v) is 7.88. The lowest BCUT2D eigenvalue weighted by Gasteiger charge is -2.34. The van der Waals surface area contributed by atoms with Crippen LogP contribution in [-0.4, -0.2) is 25.0 Å². The van der Waals surface area contributed by atoms with Gasteiger partial charge in [0, 0.05) is 5.92 Å². The minimum absolute atomic E-state index is 0.0281. The van der Waals surface area contributed by atoms with Crippen molar-refractivity contribution in [1.29, 1.82) is 0 Å². The smallest absolute Gasteiger partial charge is 0.127 e. The van der Waals surface area contributed by atoms with E-state index in [1.165, 1.54) is 17.7 Å². The molecule has 1 atom stereocenters. The molecule has 116 valence electrons. The molecule has 1 aliphatic rings. The molecule has 0 amide bonds. The van der Waals surface area contributed by atoms with Crippen molar-refractivity contribution in [2.75, 3.05) is 20.1 Å². The highest BCUT2D eigenvalue weighted by Gasteiger charge is 2.28. The molecular weight excluding hydrogens is 277 g/mol. The monoisotopic (exact) mass is 299 g/mol. The van der Waals surface area contributed by atoms with Crippen LogP contribution < -0.4 is 4.74 Å². The van der Waals surface area contributed by atoms with E-state index in [0.29, 0.717) is 5.92 Å². The van der Waals surface area contributed by atoms with Crippen LogP contribution in [0.3, 0.4) is 0 Å². The molecule has 2 aromatic carbocycles. The topological polar surface area (TPSA) is 12.5 Å². The molecule has 22 heavy (non-hydrogen) atoms. The van der Waals surface area contributed by atoms with Gasteiger partial charge in [-0.3, -0.25) is 0 Å². The van der Waals surface area contributed by atoms with Gasteiger partial charge in [0.05, 0.1) is 0 Å². The number of nitrogens with zero attached hydrogens (tertiary/aromatic N) is 1. The SMILES string of the molecule is CN1CCC([C@@H](Oc2ccc(F)cc2)c2ccccc2)CC1. The van der Waals surface area contributed by atoms with E-state index in [-0.39, 0.29) is 11.9 Å². The summed E-state index contributed by atoms with van der Waals surface area (Å²) in [5, 5.41) is 0. The van der Waals surface area contributed by atoms with Gasteiger partial charge >= 0.3 is 0 Å². The van der Waals surface area contributed by atoms with Crippen LogP contribution in [0.1, 0.15) is 24.5 Å². The molecule has 0 aromatic heterocycles. The van der Waals surface area contributed by atoms with Crippen LogP contribution in [0, 0.1) is 11.7 Å². The highest BCUT2D eigenvalue weighted by Crippen LogP contribution is 2.34. The van der Waals surface area contributed by atoms with Crippen LogP contribution in [0.25, 0.3) is 0 Å². The molecule has 2 aromatic rings. The number of likely N-dealkylation sites (tertiary alicyclic amines) is 1. The summed E-state index contributed by atoms with van der Waals surface area (Å²) in [6.07, 6.45) is 2.27. The third-order valence-corrected chi connectivity index (χ3v) is 4.40. The highest BCUT2D eigenvalue weighted by molar-refractivity contribution is 5.25. The Kier molecular flexibility index (Phi) is 4.74. The first-order valence-electron chi connectivity index (χ1n) is 7.88. The molecule has 1 saturated heterocycles. The van der Waals surface area contributed by atoms with Crippen molar-refractivity contribution in [3.63, 3.8) is 0 Å². The van der Waals surface area contributed by atoms with E-state index in [0.717, 1.165) is 31.7 Å². The van der Waals surface area contributed by atoms with Gasteiger partial charge in [0.15, 0.2) is 0 Å². The summed E-state index contributed by atoms with van der Waals surface area (Å²) in [5.41, 5.74) is 1.20. The van der Waals surface area contributed by atoms with Crippen LogP contribution in [0.5, 0.6) is 5.75 Å². The zero-order valence-corrected chi connectivity index (χ0v) is 12.9. The molecule has 0 unspecified atom stereocenters. The second-order valence-electron chi connectivity index (χ2n) is 6.04. The Hall–Kier alpha value is -1.87. The molecule has 0 N–H and O–H groups in total. The third-order valence-electron chi connectivity index (χ3n) is 4.40. The van der Waals surface area contributed by atoms with E-state index in [1.54, 1.807) is 12.1 Å². The van der Waals surface area contributed by atoms with Crippen LogP contribution >= 0.6 is 0 Å². The van der Waals surface area contributed by atoms with E-state index in [4.69, 9.17) is 4.74 Å². The van der Waals surface area contributed by atoms with Gasteiger partial charge in [-0.05, 0) is 62.8 Å². The standard InChI is InChI=1S/C19H22FNO/c1-21-13-11-16(12-14-21)19(15-5-3-2-4-6-15)22-18-9-7-17(20)8-10-18/h2-10,16,19H,11-14H2,1H3/t19-/m0/s1. The summed E-state index contributed by atoms with van der Waals surface area (Å²) in [7, 11) is 2.16. The first kappa shape index (κ1) is 15.0. The van der Waals surface area contributed by atoms with Gasteiger partial charge in [0.1, 0.15) is 17.7 Å². The number of hydrogen-bond acceptors (Lipinski definition) is 2.